The molecule has 14 heteroatoms. The van der Waals surface area contributed by atoms with E-state index in [0.717, 1.165) is 0 Å². The van der Waals surface area contributed by atoms with Gasteiger partial charge in [0.25, 0.3) is 5.91 Å². The van der Waals surface area contributed by atoms with Gasteiger partial charge in [-0.15, -0.1) is 0 Å². The number of carbonyl (C=O) groups is 4. The lowest BCUT2D eigenvalue weighted by Gasteiger charge is -2.31. The Hall–Kier alpha value is -3.14. The maximum Gasteiger partial charge on any atom is 0.305 e. The minimum Gasteiger partial charge on any atom is -0.481 e. The van der Waals surface area contributed by atoms with Gasteiger partial charge in [0.05, 0.1) is 31.2 Å². The van der Waals surface area contributed by atoms with Crippen LogP contribution < -0.4 is 27.4 Å². The van der Waals surface area contributed by atoms with Gasteiger partial charge in [0.2, 0.25) is 11.8 Å². The molecule has 0 heterocycles. The lowest BCUT2D eigenvalue weighted by atomic mass is 9.98. The Balaban J connectivity index is 2.94. The van der Waals surface area contributed by atoms with Crippen molar-refractivity contribution >= 4 is 23.7 Å². The van der Waals surface area contributed by atoms with E-state index in [4.69, 9.17) is 11.5 Å². The average molecular weight is 542 g/mol. The van der Waals surface area contributed by atoms with Crippen LogP contribution in [0.25, 0.3) is 0 Å². The van der Waals surface area contributed by atoms with Crippen molar-refractivity contribution in [3.63, 3.8) is 0 Å². The lowest BCUT2D eigenvalue weighted by Crippen LogP contribution is -2.60. The summed E-state index contributed by atoms with van der Waals surface area (Å²) in [5.74, 6) is -3.97. The third-order valence-electron chi connectivity index (χ3n) is 5.71. The molecule has 0 aromatic heterocycles. The molecule has 12 N–H and O–H groups in total. The fraction of sp³-hybridized carbons (Fsp3) is 0.583. The molecule has 7 atom stereocenters. The number of carboxylic acid groups (broad SMARTS) is 1. The van der Waals surface area contributed by atoms with Crippen molar-refractivity contribution < 1.29 is 44.7 Å². The number of hydrogen-bond donors (Lipinski definition) is 10. The van der Waals surface area contributed by atoms with Crippen LogP contribution >= 0.6 is 0 Å². The molecule has 0 unspecified atom stereocenters. The minimum absolute atomic E-state index is 0.0582. The molecule has 0 aliphatic heterocycles. The van der Waals surface area contributed by atoms with Crippen LogP contribution in [0.1, 0.15) is 38.3 Å². The zero-order valence-corrected chi connectivity index (χ0v) is 21.4. The largest absolute Gasteiger partial charge is 0.481 e. The van der Waals surface area contributed by atoms with E-state index in [9.17, 15) is 44.7 Å². The van der Waals surface area contributed by atoms with Gasteiger partial charge >= 0.3 is 5.97 Å². The quantitative estimate of drug-likeness (QED) is 0.0991. The highest BCUT2D eigenvalue weighted by atomic mass is 16.4. The van der Waals surface area contributed by atoms with E-state index < -0.39 is 79.2 Å². The van der Waals surface area contributed by atoms with Crippen molar-refractivity contribution in [2.45, 2.75) is 69.2 Å². The highest BCUT2D eigenvalue weighted by Crippen LogP contribution is 2.17. The van der Waals surface area contributed by atoms with Crippen molar-refractivity contribution in [1.29, 1.82) is 0 Å². The average Bonchev–Trinajstić information content (AvgIpc) is 2.88. The molecule has 14 nitrogen and oxygen atoms in total. The Morgan fingerprint density at radius 3 is 2.00 bits per heavy atom. The van der Waals surface area contributed by atoms with Crippen molar-refractivity contribution in [2.75, 3.05) is 13.2 Å². The lowest BCUT2D eigenvalue weighted by molar-refractivity contribution is -0.145. The highest BCUT2D eigenvalue weighted by molar-refractivity contribution is 5.90. The van der Waals surface area contributed by atoms with E-state index in [0.29, 0.717) is 5.56 Å². The first kappa shape index (κ1) is 32.9. The molecule has 0 fully saturated rings. The van der Waals surface area contributed by atoms with Crippen molar-refractivity contribution in [2.24, 2.45) is 17.4 Å². The second-order valence-corrected chi connectivity index (χ2v) is 9.33. The molecule has 0 radical (unpaired) electrons. The number of aliphatic hydroxyl groups is 4. The van der Waals surface area contributed by atoms with Gasteiger partial charge in [-0.1, -0.05) is 44.2 Å². The summed E-state index contributed by atoms with van der Waals surface area (Å²) in [4.78, 5) is 48.8. The monoisotopic (exact) mass is 541 g/mol. The number of carboxylic acids is 1. The van der Waals surface area contributed by atoms with Crippen LogP contribution in [0.15, 0.2) is 30.3 Å². The van der Waals surface area contributed by atoms with Crippen LogP contribution in [0.3, 0.4) is 0 Å². The van der Waals surface area contributed by atoms with E-state index in [1.54, 1.807) is 44.2 Å². The number of aliphatic carboxylic acids is 1. The summed E-state index contributed by atoms with van der Waals surface area (Å²) in [7, 11) is 0. The highest BCUT2D eigenvalue weighted by Gasteiger charge is 2.37. The Labute approximate surface area is 220 Å². The van der Waals surface area contributed by atoms with Gasteiger partial charge in [-0.2, -0.15) is 0 Å². The zero-order chi connectivity index (χ0) is 29.0. The molecular weight excluding hydrogens is 502 g/mol. The normalized spacial score (nSPS) is 16.9. The third-order valence-corrected chi connectivity index (χ3v) is 5.71. The van der Waals surface area contributed by atoms with Gasteiger partial charge in [-0.3, -0.25) is 19.2 Å². The molecule has 0 saturated carbocycles. The van der Waals surface area contributed by atoms with E-state index in [-0.39, 0.29) is 18.9 Å². The number of nitrogens with two attached hydrogens (primary N) is 2. The van der Waals surface area contributed by atoms with Gasteiger partial charge in [0.1, 0.15) is 18.2 Å². The van der Waals surface area contributed by atoms with E-state index in [1.165, 1.54) is 0 Å². The maximum absolute atomic E-state index is 12.8. The third kappa shape index (κ3) is 10.3. The number of nitrogens with one attached hydrogen (secondary N) is 3. The predicted molar refractivity (Wildman–Crippen MR) is 135 cm³/mol. The van der Waals surface area contributed by atoms with E-state index in [2.05, 4.69) is 16.0 Å². The Morgan fingerprint density at radius 2 is 1.50 bits per heavy atom. The molecule has 0 bridgehead atoms. The van der Waals surface area contributed by atoms with E-state index >= 15 is 0 Å². The number of carbonyl (C=O) groups excluding carboxylic acids is 3. The number of aliphatic hydroxyl groups excluding tert-OH is 4. The smallest absolute Gasteiger partial charge is 0.305 e. The molecule has 214 valence electrons. The van der Waals surface area contributed by atoms with Crippen molar-refractivity contribution in [3.05, 3.63) is 35.9 Å². The molecule has 0 aliphatic rings. The minimum atomic E-state index is -2.25. The Morgan fingerprint density at radius 1 is 0.895 bits per heavy atom. The van der Waals surface area contributed by atoms with Crippen LogP contribution in [-0.4, -0.2) is 98.8 Å². The predicted octanol–water partition coefficient (Wildman–Crippen LogP) is -3.30. The number of amides is 3. The van der Waals surface area contributed by atoms with Gasteiger partial charge in [-0.05, 0) is 17.9 Å². The second-order valence-electron chi connectivity index (χ2n) is 9.33. The second kappa shape index (κ2) is 16.0. The topological polar surface area (TPSA) is 258 Å². The summed E-state index contributed by atoms with van der Waals surface area (Å²) >= 11 is 0. The van der Waals surface area contributed by atoms with Gasteiger partial charge in [0, 0.05) is 6.54 Å². The summed E-state index contributed by atoms with van der Waals surface area (Å²) in [5, 5.41) is 57.3. The first-order valence-electron chi connectivity index (χ1n) is 12.1. The standard InChI is InChI=1S/C24H39N5O9/c1-12(2)8-16(28-22(36)14(26)10-25)23(37)29-17(11-30)19(33)20(34)21(35)24(38)27-15(9-18(31)32)13-6-4-3-5-7-13/h3-7,12,14-17,19-21,30,33-35H,8-11,25-26H2,1-2H3,(H,27,38)(H,28,36)(H,29,37)(H,31,32)/t14-,15-,16-,17-,19+,20+,21-/m0/s1. The molecule has 1 rings (SSSR count). The van der Waals surface area contributed by atoms with Crippen LogP contribution in [0.4, 0.5) is 0 Å². The number of hydrogen-bond acceptors (Lipinski definition) is 10. The molecule has 3 amide bonds. The first-order valence-corrected chi connectivity index (χ1v) is 12.1. The number of benzene rings is 1. The molecule has 38 heavy (non-hydrogen) atoms. The van der Waals surface area contributed by atoms with Gasteiger partial charge in [0.15, 0.2) is 6.10 Å². The molecule has 0 saturated heterocycles. The van der Waals surface area contributed by atoms with E-state index in [1.807, 2.05) is 0 Å². The molecule has 0 aliphatic carbocycles. The van der Waals surface area contributed by atoms with Crippen LogP contribution in [-0.2, 0) is 19.2 Å². The van der Waals surface area contributed by atoms with Crippen LogP contribution in [0.2, 0.25) is 0 Å². The molecule has 0 spiro atoms. The summed E-state index contributed by atoms with van der Waals surface area (Å²) < 4.78 is 0. The molecule has 1 aromatic rings. The molecular formula is C24H39N5O9. The fourth-order valence-corrected chi connectivity index (χ4v) is 3.56. The fourth-order valence-electron chi connectivity index (χ4n) is 3.56. The first-order chi connectivity index (χ1) is 17.8. The van der Waals surface area contributed by atoms with Crippen molar-refractivity contribution in [1.82, 2.24) is 16.0 Å². The van der Waals surface area contributed by atoms with Crippen molar-refractivity contribution in [3.8, 4) is 0 Å². The summed E-state index contributed by atoms with van der Waals surface area (Å²) in [6.07, 6.45) is -6.81. The molecule has 1 aromatic carbocycles. The van der Waals surface area contributed by atoms with Gasteiger partial charge < -0.3 is 53.0 Å². The number of rotatable bonds is 16. The van der Waals surface area contributed by atoms with Gasteiger partial charge in [-0.25, -0.2) is 0 Å². The Bertz CT molecular complexity index is 918. The SMILES string of the molecule is CC(C)C[C@H](NC(=O)[C@@H](N)CN)C(=O)N[C@@H](CO)[C@@H](O)[C@@H](O)[C@H](O)C(=O)N[C@@H](CC(=O)O)c1ccccc1. The zero-order valence-electron chi connectivity index (χ0n) is 21.4. The summed E-state index contributed by atoms with van der Waals surface area (Å²) in [6, 6.07) is 3.29. The summed E-state index contributed by atoms with van der Waals surface area (Å²) in [6.45, 7) is 2.52. The van der Waals surface area contributed by atoms with Crippen LogP contribution in [0.5, 0.6) is 0 Å². The van der Waals surface area contributed by atoms with Crippen LogP contribution in [0, 0.1) is 5.92 Å². The Kier molecular flexibility index (Phi) is 13.8. The summed E-state index contributed by atoms with van der Waals surface area (Å²) in [5.41, 5.74) is 11.4. The maximum atomic E-state index is 12.8.